The van der Waals surface area contributed by atoms with Crippen LogP contribution in [0.15, 0.2) is 24.3 Å². The summed E-state index contributed by atoms with van der Waals surface area (Å²) in [6.45, 7) is 6.61. The largest absolute Gasteiger partial charge is 0.497 e. The lowest BCUT2D eigenvalue weighted by Crippen LogP contribution is -2.44. The number of likely N-dealkylation sites (tertiary alicyclic amines) is 1. The van der Waals surface area contributed by atoms with E-state index in [1.807, 2.05) is 24.3 Å². The van der Waals surface area contributed by atoms with Gasteiger partial charge >= 0.3 is 0 Å². The van der Waals surface area contributed by atoms with Crippen molar-refractivity contribution in [2.45, 2.75) is 51.6 Å². The topological polar surface area (TPSA) is 21.7 Å². The van der Waals surface area contributed by atoms with Crippen LogP contribution in [0, 0.1) is 0 Å². The van der Waals surface area contributed by atoms with Crippen LogP contribution in [0.3, 0.4) is 0 Å². The Morgan fingerprint density at radius 1 is 1.05 bits per heavy atom. The SMILES string of the molecule is COc1ccc(OCCCN2[C@H](C)CCC[C@@H]2C)cc1. The number of hydrogen-bond donors (Lipinski definition) is 0. The fraction of sp³-hybridized carbons (Fsp3) is 0.647. The van der Waals surface area contributed by atoms with Crippen LogP contribution in [0.25, 0.3) is 0 Å². The van der Waals surface area contributed by atoms with Gasteiger partial charge < -0.3 is 9.47 Å². The van der Waals surface area contributed by atoms with Crippen molar-refractivity contribution in [1.29, 1.82) is 0 Å². The molecule has 0 saturated carbocycles. The van der Waals surface area contributed by atoms with Gasteiger partial charge in [0.05, 0.1) is 13.7 Å². The van der Waals surface area contributed by atoms with Crippen LogP contribution in [-0.2, 0) is 0 Å². The fourth-order valence-electron chi connectivity index (χ4n) is 3.02. The Balaban J connectivity index is 1.70. The van der Waals surface area contributed by atoms with E-state index < -0.39 is 0 Å². The van der Waals surface area contributed by atoms with E-state index in [1.165, 1.54) is 19.3 Å². The molecule has 1 aliphatic heterocycles. The van der Waals surface area contributed by atoms with E-state index in [1.54, 1.807) is 7.11 Å². The van der Waals surface area contributed by atoms with E-state index in [9.17, 15) is 0 Å². The molecule has 0 amide bonds. The molecule has 3 nitrogen and oxygen atoms in total. The van der Waals surface area contributed by atoms with Gasteiger partial charge in [-0.2, -0.15) is 0 Å². The van der Waals surface area contributed by atoms with Gasteiger partial charge in [-0.15, -0.1) is 0 Å². The second-order valence-corrected chi connectivity index (χ2v) is 5.74. The Labute approximate surface area is 122 Å². The van der Waals surface area contributed by atoms with Crippen molar-refractivity contribution in [2.75, 3.05) is 20.3 Å². The number of benzene rings is 1. The summed E-state index contributed by atoms with van der Waals surface area (Å²) in [6, 6.07) is 9.24. The molecule has 2 rings (SSSR count). The van der Waals surface area contributed by atoms with Crippen LogP contribution in [0.5, 0.6) is 11.5 Å². The van der Waals surface area contributed by atoms with Gasteiger partial charge in [0, 0.05) is 18.6 Å². The molecule has 0 aliphatic carbocycles. The summed E-state index contributed by atoms with van der Waals surface area (Å²) < 4.78 is 10.9. The Morgan fingerprint density at radius 2 is 1.65 bits per heavy atom. The van der Waals surface area contributed by atoms with Crippen molar-refractivity contribution in [2.24, 2.45) is 0 Å². The highest BCUT2D eigenvalue weighted by atomic mass is 16.5. The Morgan fingerprint density at radius 3 is 2.25 bits per heavy atom. The minimum atomic E-state index is 0.722. The Kier molecular flexibility index (Phi) is 5.72. The number of rotatable bonds is 6. The zero-order chi connectivity index (χ0) is 14.4. The Bertz CT molecular complexity index is 380. The van der Waals surface area contributed by atoms with E-state index >= 15 is 0 Å². The zero-order valence-corrected chi connectivity index (χ0v) is 13.0. The molecule has 3 heteroatoms. The van der Waals surface area contributed by atoms with Crippen molar-refractivity contribution in [3.05, 3.63) is 24.3 Å². The molecule has 0 bridgehead atoms. The van der Waals surface area contributed by atoms with E-state index in [2.05, 4.69) is 18.7 Å². The number of nitrogens with zero attached hydrogens (tertiary/aromatic N) is 1. The minimum absolute atomic E-state index is 0.722. The van der Waals surface area contributed by atoms with E-state index in [0.717, 1.165) is 43.2 Å². The number of hydrogen-bond acceptors (Lipinski definition) is 3. The molecule has 1 aromatic rings. The normalized spacial score (nSPS) is 23.6. The predicted molar refractivity (Wildman–Crippen MR) is 82.6 cm³/mol. The first-order chi connectivity index (χ1) is 9.70. The van der Waals surface area contributed by atoms with Crippen molar-refractivity contribution >= 4 is 0 Å². The average molecular weight is 277 g/mol. The third kappa shape index (κ3) is 4.14. The Hall–Kier alpha value is -1.22. The van der Waals surface area contributed by atoms with Crippen LogP contribution < -0.4 is 9.47 Å². The molecular weight excluding hydrogens is 250 g/mol. The van der Waals surface area contributed by atoms with Crippen molar-refractivity contribution < 1.29 is 9.47 Å². The lowest BCUT2D eigenvalue weighted by molar-refractivity contribution is 0.0961. The summed E-state index contributed by atoms with van der Waals surface area (Å²) in [5.41, 5.74) is 0. The smallest absolute Gasteiger partial charge is 0.119 e. The third-order valence-electron chi connectivity index (χ3n) is 4.26. The molecule has 0 radical (unpaired) electrons. The number of ether oxygens (including phenoxy) is 2. The maximum Gasteiger partial charge on any atom is 0.119 e. The van der Waals surface area contributed by atoms with Crippen LogP contribution >= 0.6 is 0 Å². The van der Waals surface area contributed by atoms with Gasteiger partial charge in [0.1, 0.15) is 11.5 Å². The lowest BCUT2D eigenvalue weighted by atomic mass is 9.97. The number of methoxy groups -OCH3 is 1. The zero-order valence-electron chi connectivity index (χ0n) is 13.0. The summed E-state index contributed by atoms with van der Waals surface area (Å²) in [6.07, 6.45) is 5.13. The van der Waals surface area contributed by atoms with Crippen LogP contribution in [0.4, 0.5) is 0 Å². The molecular formula is C17H27NO2. The first-order valence-corrected chi connectivity index (χ1v) is 7.73. The monoisotopic (exact) mass is 277 g/mol. The minimum Gasteiger partial charge on any atom is -0.497 e. The average Bonchev–Trinajstić information content (AvgIpc) is 2.46. The molecule has 0 aromatic heterocycles. The molecule has 1 saturated heterocycles. The van der Waals surface area contributed by atoms with Crippen molar-refractivity contribution in [3.63, 3.8) is 0 Å². The molecule has 1 heterocycles. The maximum absolute atomic E-state index is 5.78. The molecule has 1 aromatic carbocycles. The van der Waals surface area contributed by atoms with Crippen molar-refractivity contribution in [1.82, 2.24) is 4.90 Å². The second kappa shape index (κ2) is 7.53. The van der Waals surface area contributed by atoms with Crippen LogP contribution in [0.2, 0.25) is 0 Å². The van der Waals surface area contributed by atoms with Gasteiger partial charge in [-0.05, 0) is 57.4 Å². The highest BCUT2D eigenvalue weighted by molar-refractivity contribution is 5.31. The van der Waals surface area contributed by atoms with Crippen LogP contribution in [0.1, 0.15) is 39.5 Å². The van der Waals surface area contributed by atoms with E-state index in [0.29, 0.717) is 0 Å². The van der Waals surface area contributed by atoms with E-state index in [4.69, 9.17) is 9.47 Å². The van der Waals surface area contributed by atoms with Gasteiger partial charge in [0.2, 0.25) is 0 Å². The van der Waals surface area contributed by atoms with Gasteiger partial charge in [-0.25, -0.2) is 0 Å². The van der Waals surface area contributed by atoms with Gasteiger partial charge in [-0.3, -0.25) is 4.90 Å². The summed E-state index contributed by atoms with van der Waals surface area (Å²) >= 11 is 0. The predicted octanol–water partition coefficient (Wildman–Crippen LogP) is 3.73. The molecule has 1 fully saturated rings. The number of piperidine rings is 1. The van der Waals surface area contributed by atoms with Gasteiger partial charge in [0.15, 0.2) is 0 Å². The molecule has 112 valence electrons. The molecule has 20 heavy (non-hydrogen) atoms. The summed E-state index contributed by atoms with van der Waals surface area (Å²) in [5, 5.41) is 0. The summed E-state index contributed by atoms with van der Waals surface area (Å²) in [4.78, 5) is 2.63. The standard InChI is InChI=1S/C17H27NO2/c1-14-6-4-7-15(2)18(14)12-5-13-20-17-10-8-16(19-3)9-11-17/h8-11,14-15H,4-7,12-13H2,1-3H3/t14-,15+. The highest BCUT2D eigenvalue weighted by Crippen LogP contribution is 2.22. The van der Waals surface area contributed by atoms with Crippen LogP contribution in [-0.4, -0.2) is 37.2 Å². The third-order valence-corrected chi connectivity index (χ3v) is 4.26. The fourth-order valence-corrected chi connectivity index (χ4v) is 3.02. The molecule has 0 unspecified atom stereocenters. The van der Waals surface area contributed by atoms with E-state index in [-0.39, 0.29) is 0 Å². The molecule has 0 N–H and O–H groups in total. The molecule has 1 aliphatic rings. The van der Waals surface area contributed by atoms with Gasteiger partial charge in [0.25, 0.3) is 0 Å². The molecule has 0 spiro atoms. The summed E-state index contributed by atoms with van der Waals surface area (Å²) in [5.74, 6) is 1.79. The highest BCUT2D eigenvalue weighted by Gasteiger charge is 2.23. The van der Waals surface area contributed by atoms with Crippen molar-refractivity contribution in [3.8, 4) is 11.5 Å². The van der Waals surface area contributed by atoms with Gasteiger partial charge in [-0.1, -0.05) is 6.42 Å². The lowest BCUT2D eigenvalue weighted by Gasteiger charge is -2.39. The molecule has 2 atom stereocenters. The first-order valence-electron chi connectivity index (χ1n) is 7.73. The first kappa shape index (κ1) is 15.2. The maximum atomic E-state index is 5.78. The summed E-state index contributed by atoms with van der Waals surface area (Å²) in [7, 11) is 1.68. The second-order valence-electron chi connectivity index (χ2n) is 5.74. The quantitative estimate of drug-likeness (QED) is 0.740.